The molecule has 0 radical (unpaired) electrons. The molecule has 100 valence electrons. The monoisotopic (exact) mass is 289 g/mol. The van der Waals surface area contributed by atoms with E-state index >= 15 is 0 Å². The van der Waals surface area contributed by atoms with Gasteiger partial charge in [0.1, 0.15) is 0 Å². The Morgan fingerprint density at radius 2 is 2.17 bits per heavy atom. The third kappa shape index (κ3) is 3.23. The maximum atomic E-state index is 11.4. The summed E-state index contributed by atoms with van der Waals surface area (Å²) >= 11 is 5.91. The quantitative estimate of drug-likeness (QED) is 0.876. The predicted molar refractivity (Wildman–Crippen MR) is 71.5 cm³/mol. The molecule has 0 bridgehead atoms. The molecule has 0 saturated carbocycles. The molecule has 1 aromatic carbocycles. The van der Waals surface area contributed by atoms with E-state index in [1.165, 1.54) is 0 Å². The predicted octanol–water partition coefficient (Wildman–Crippen LogP) is 1.15. The van der Waals surface area contributed by atoms with Gasteiger partial charge in [0.25, 0.3) is 0 Å². The first kappa shape index (κ1) is 13.8. The van der Waals surface area contributed by atoms with Gasteiger partial charge in [-0.25, -0.2) is 8.42 Å². The summed E-state index contributed by atoms with van der Waals surface area (Å²) in [6.07, 6.45) is -0.836. The summed E-state index contributed by atoms with van der Waals surface area (Å²) in [6.45, 7) is 1.92. The van der Waals surface area contributed by atoms with Gasteiger partial charge in [-0.3, -0.25) is 0 Å². The van der Waals surface area contributed by atoms with E-state index in [2.05, 4.69) is 5.32 Å². The number of rotatable bonds is 3. The number of nitrogens with one attached hydrogen (secondary N) is 1. The van der Waals surface area contributed by atoms with Gasteiger partial charge in [-0.15, -0.1) is 0 Å². The molecular weight excluding hydrogens is 274 g/mol. The highest BCUT2D eigenvalue weighted by Gasteiger charge is 2.36. The summed E-state index contributed by atoms with van der Waals surface area (Å²) in [7, 11) is -3.12. The molecule has 1 saturated heterocycles. The SMILES string of the molecule is CC(NC1CS(=O)(=O)CC1O)c1cccc(Cl)c1. The number of aliphatic hydroxyl groups excluding tert-OH is 1. The molecule has 1 fully saturated rings. The van der Waals surface area contributed by atoms with Crippen LogP contribution in [0.5, 0.6) is 0 Å². The fraction of sp³-hybridized carbons (Fsp3) is 0.500. The Morgan fingerprint density at radius 3 is 2.72 bits per heavy atom. The maximum absolute atomic E-state index is 11.4. The van der Waals surface area contributed by atoms with Crippen molar-refractivity contribution in [1.29, 1.82) is 0 Å². The highest BCUT2D eigenvalue weighted by Crippen LogP contribution is 2.20. The first-order valence-corrected chi connectivity index (χ1v) is 7.97. The second-order valence-electron chi connectivity index (χ2n) is 4.69. The number of benzene rings is 1. The van der Waals surface area contributed by atoms with Crippen LogP contribution in [0.15, 0.2) is 24.3 Å². The normalized spacial score (nSPS) is 28.2. The van der Waals surface area contributed by atoms with Crippen LogP contribution >= 0.6 is 11.6 Å². The van der Waals surface area contributed by atoms with Gasteiger partial charge in [0, 0.05) is 17.1 Å². The highest BCUT2D eigenvalue weighted by atomic mass is 35.5. The number of halogens is 1. The van der Waals surface area contributed by atoms with E-state index in [1.807, 2.05) is 25.1 Å². The molecule has 3 atom stereocenters. The van der Waals surface area contributed by atoms with Crippen molar-refractivity contribution in [3.63, 3.8) is 0 Å². The van der Waals surface area contributed by atoms with E-state index < -0.39 is 22.0 Å². The van der Waals surface area contributed by atoms with Crippen LogP contribution in [-0.4, -0.2) is 37.2 Å². The summed E-state index contributed by atoms with van der Waals surface area (Å²) in [5.74, 6) is -0.175. The molecule has 0 aliphatic carbocycles. The largest absolute Gasteiger partial charge is 0.390 e. The van der Waals surface area contributed by atoms with Crippen LogP contribution < -0.4 is 5.32 Å². The van der Waals surface area contributed by atoms with E-state index in [4.69, 9.17) is 11.6 Å². The van der Waals surface area contributed by atoms with Gasteiger partial charge in [0.2, 0.25) is 0 Å². The smallest absolute Gasteiger partial charge is 0.154 e. The summed E-state index contributed by atoms with van der Waals surface area (Å²) in [4.78, 5) is 0. The van der Waals surface area contributed by atoms with Gasteiger partial charge in [-0.2, -0.15) is 0 Å². The molecule has 1 aromatic rings. The van der Waals surface area contributed by atoms with Crippen molar-refractivity contribution < 1.29 is 13.5 Å². The molecule has 0 amide bonds. The Bertz CT molecular complexity index is 532. The second-order valence-corrected chi connectivity index (χ2v) is 7.28. The number of hydrogen-bond donors (Lipinski definition) is 2. The number of hydrogen-bond acceptors (Lipinski definition) is 4. The van der Waals surface area contributed by atoms with E-state index in [0.29, 0.717) is 5.02 Å². The van der Waals surface area contributed by atoms with Crippen LogP contribution in [0.4, 0.5) is 0 Å². The molecule has 6 heteroatoms. The summed E-state index contributed by atoms with van der Waals surface area (Å²) in [5, 5.41) is 13.5. The van der Waals surface area contributed by atoms with E-state index in [-0.39, 0.29) is 17.5 Å². The molecule has 1 aliphatic rings. The summed E-state index contributed by atoms with van der Waals surface area (Å²) in [5.41, 5.74) is 0.971. The lowest BCUT2D eigenvalue weighted by Gasteiger charge is -2.21. The lowest BCUT2D eigenvalue weighted by molar-refractivity contribution is 0.160. The minimum atomic E-state index is -3.12. The highest BCUT2D eigenvalue weighted by molar-refractivity contribution is 7.91. The Hall–Kier alpha value is -0.620. The molecule has 4 nitrogen and oxygen atoms in total. The van der Waals surface area contributed by atoms with Crippen molar-refractivity contribution in [2.45, 2.75) is 25.1 Å². The number of aliphatic hydroxyl groups is 1. The fourth-order valence-electron chi connectivity index (χ4n) is 2.18. The van der Waals surface area contributed by atoms with Crippen molar-refractivity contribution in [1.82, 2.24) is 5.32 Å². The molecule has 2 N–H and O–H groups in total. The number of sulfone groups is 1. The Kier molecular flexibility index (Phi) is 3.96. The minimum absolute atomic E-state index is 0.0148. The third-order valence-electron chi connectivity index (χ3n) is 3.14. The second kappa shape index (κ2) is 5.17. The third-order valence-corrected chi connectivity index (χ3v) is 5.09. The Balaban J connectivity index is 2.06. The fourth-order valence-corrected chi connectivity index (χ4v) is 4.13. The van der Waals surface area contributed by atoms with E-state index in [1.54, 1.807) is 6.07 Å². The van der Waals surface area contributed by atoms with Gasteiger partial charge in [-0.05, 0) is 24.6 Å². The van der Waals surface area contributed by atoms with Gasteiger partial charge in [-0.1, -0.05) is 23.7 Å². The molecule has 1 heterocycles. The maximum Gasteiger partial charge on any atom is 0.154 e. The molecule has 0 spiro atoms. The van der Waals surface area contributed by atoms with E-state index in [0.717, 1.165) is 5.56 Å². The lowest BCUT2D eigenvalue weighted by atomic mass is 10.1. The molecular formula is C12H16ClNO3S. The molecule has 2 rings (SSSR count). The average Bonchev–Trinajstić information content (AvgIpc) is 2.51. The van der Waals surface area contributed by atoms with Crippen molar-refractivity contribution >= 4 is 21.4 Å². The van der Waals surface area contributed by atoms with Crippen LogP contribution in [0.1, 0.15) is 18.5 Å². The minimum Gasteiger partial charge on any atom is -0.390 e. The van der Waals surface area contributed by atoms with Crippen molar-refractivity contribution in [3.8, 4) is 0 Å². The first-order chi connectivity index (χ1) is 8.37. The van der Waals surface area contributed by atoms with Crippen LogP contribution in [-0.2, 0) is 9.84 Å². The van der Waals surface area contributed by atoms with Crippen molar-refractivity contribution in [2.75, 3.05) is 11.5 Å². The zero-order chi connectivity index (χ0) is 13.3. The van der Waals surface area contributed by atoms with Gasteiger partial charge >= 0.3 is 0 Å². The molecule has 3 unspecified atom stereocenters. The van der Waals surface area contributed by atoms with Gasteiger partial charge < -0.3 is 10.4 Å². The zero-order valence-electron chi connectivity index (χ0n) is 10.0. The Labute approximate surface area is 112 Å². The Morgan fingerprint density at radius 1 is 1.44 bits per heavy atom. The summed E-state index contributed by atoms with van der Waals surface area (Å²) in [6, 6.07) is 6.90. The van der Waals surface area contributed by atoms with Gasteiger partial charge in [0.05, 0.1) is 17.6 Å². The van der Waals surface area contributed by atoms with Crippen molar-refractivity contribution in [3.05, 3.63) is 34.9 Å². The van der Waals surface area contributed by atoms with Crippen LogP contribution in [0.25, 0.3) is 0 Å². The van der Waals surface area contributed by atoms with E-state index in [9.17, 15) is 13.5 Å². The van der Waals surface area contributed by atoms with Crippen LogP contribution in [0, 0.1) is 0 Å². The molecule has 1 aliphatic heterocycles. The lowest BCUT2D eigenvalue weighted by Crippen LogP contribution is -2.40. The summed E-state index contributed by atoms with van der Waals surface area (Å²) < 4.78 is 22.8. The zero-order valence-corrected chi connectivity index (χ0v) is 11.6. The first-order valence-electron chi connectivity index (χ1n) is 5.77. The standard InChI is InChI=1S/C12H16ClNO3S/c1-8(9-3-2-4-10(13)5-9)14-11-6-18(16,17)7-12(11)15/h2-5,8,11-12,14-15H,6-7H2,1H3. The average molecular weight is 290 g/mol. The van der Waals surface area contributed by atoms with Gasteiger partial charge in [0.15, 0.2) is 9.84 Å². The van der Waals surface area contributed by atoms with Crippen LogP contribution in [0.2, 0.25) is 5.02 Å². The topological polar surface area (TPSA) is 66.4 Å². The van der Waals surface area contributed by atoms with Crippen LogP contribution in [0.3, 0.4) is 0 Å². The molecule has 0 aromatic heterocycles. The molecule has 18 heavy (non-hydrogen) atoms. The van der Waals surface area contributed by atoms with Crippen molar-refractivity contribution in [2.24, 2.45) is 0 Å².